The van der Waals surface area contributed by atoms with Gasteiger partial charge in [0.15, 0.2) is 5.82 Å². The minimum atomic E-state index is -0.526. The lowest BCUT2D eigenvalue weighted by Crippen LogP contribution is -2.24. The molecular formula is C17H17FN2O2. The fourth-order valence-corrected chi connectivity index (χ4v) is 1.80. The summed E-state index contributed by atoms with van der Waals surface area (Å²) >= 11 is 0. The second-order valence-corrected chi connectivity index (χ2v) is 4.60. The van der Waals surface area contributed by atoms with E-state index in [4.69, 9.17) is 10.5 Å². The van der Waals surface area contributed by atoms with Crippen molar-refractivity contribution in [2.45, 2.75) is 6.61 Å². The Bertz CT molecular complexity index is 657. The first-order valence-corrected chi connectivity index (χ1v) is 6.82. The zero-order valence-corrected chi connectivity index (χ0v) is 12.0. The van der Waals surface area contributed by atoms with E-state index in [-0.39, 0.29) is 18.8 Å². The van der Waals surface area contributed by atoms with Gasteiger partial charge < -0.3 is 15.8 Å². The Labute approximate surface area is 128 Å². The Balaban J connectivity index is 1.75. The number of rotatable bonds is 5. The lowest BCUT2D eigenvalue weighted by atomic mass is 10.1. The molecule has 2 aromatic carbocycles. The van der Waals surface area contributed by atoms with E-state index in [9.17, 15) is 9.18 Å². The van der Waals surface area contributed by atoms with Crippen molar-refractivity contribution in [3.8, 4) is 0 Å². The maximum absolute atomic E-state index is 13.6. The molecule has 0 heterocycles. The van der Waals surface area contributed by atoms with Crippen LogP contribution in [-0.4, -0.2) is 12.6 Å². The third-order valence-corrected chi connectivity index (χ3v) is 2.93. The number of hydrogen-bond donors (Lipinski definition) is 2. The molecule has 3 N–H and O–H groups in total. The normalized spacial score (nSPS) is 10.6. The van der Waals surface area contributed by atoms with Gasteiger partial charge in [0.05, 0.1) is 5.69 Å². The summed E-state index contributed by atoms with van der Waals surface area (Å²) in [4.78, 5) is 11.5. The Morgan fingerprint density at radius 2 is 1.95 bits per heavy atom. The smallest absolute Gasteiger partial charge is 0.407 e. The summed E-state index contributed by atoms with van der Waals surface area (Å²) in [6, 6.07) is 14.1. The molecule has 0 spiro atoms. The predicted molar refractivity (Wildman–Crippen MR) is 84.5 cm³/mol. The largest absolute Gasteiger partial charge is 0.445 e. The molecule has 0 aliphatic rings. The van der Waals surface area contributed by atoms with Crippen LogP contribution in [-0.2, 0) is 11.3 Å². The topological polar surface area (TPSA) is 64.3 Å². The maximum atomic E-state index is 13.6. The summed E-state index contributed by atoms with van der Waals surface area (Å²) in [6.07, 6.45) is 2.66. The van der Waals surface area contributed by atoms with Crippen LogP contribution in [0.1, 0.15) is 11.1 Å². The number of alkyl carbamates (subject to hydrolysis) is 1. The van der Waals surface area contributed by atoms with Gasteiger partial charge in [0, 0.05) is 12.1 Å². The average Bonchev–Trinajstić information content (AvgIpc) is 2.54. The number of amides is 1. The SMILES string of the molecule is Nc1cccc(C=CCNC(=O)OCc2ccccc2)c1F. The number of hydrogen-bond acceptors (Lipinski definition) is 3. The van der Waals surface area contributed by atoms with Crippen molar-refractivity contribution in [2.75, 3.05) is 12.3 Å². The molecule has 0 atom stereocenters. The monoisotopic (exact) mass is 300 g/mol. The molecule has 0 aliphatic heterocycles. The van der Waals surface area contributed by atoms with Gasteiger partial charge in [-0.2, -0.15) is 0 Å². The lowest BCUT2D eigenvalue weighted by Gasteiger charge is -2.05. The summed E-state index contributed by atoms with van der Waals surface area (Å²) in [6.45, 7) is 0.447. The highest BCUT2D eigenvalue weighted by molar-refractivity contribution is 5.67. The highest BCUT2D eigenvalue weighted by atomic mass is 19.1. The second-order valence-electron chi connectivity index (χ2n) is 4.60. The van der Waals surface area contributed by atoms with Gasteiger partial charge in [-0.25, -0.2) is 9.18 Å². The van der Waals surface area contributed by atoms with E-state index in [0.717, 1.165) is 5.56 Å². The van der Waals surface area contributed by atoms with Gasteiger partial charge >= 0.3 is 6.09 Å². The highest BCUT2D eigenvalue weighted by Gasteiger charge is 2.02. The molecule has 2 rings (SSSR count). The van der Waals surface area contributed by atoms with Crippen LogP contribution >= 0.6 is 0 Å². The lowest BCUT2D eigenvalue weighted by molar-refractivity contribution is 0.141. The Morgan fingerprint density at radius 3 is 2.73 bits per heavy atom. The first-order chi connectivity index (χ1) is 10.7. The number of anilines is 1. The first-order valence-electron chi connectivity index (χ1n) is 6.82. The number of benzene rings is 2. The minimum Gasteiger partial charge on any atom is -0.445 e. The molecule has 0 radical (unpaired) electrons. The number of nitrogens with one attached hydrogen (secondary N) is 1. The van der Waals surface area contributed by atoms with Crippen LogP contribution in [0.5, 0.6) is 0 Å². The van der Waals surface area contributed by atoms with E-state index in [2.05, 4.69) is 5.32 Å². The summed E-state index contributed by atoms with van der Waals surface area (Å²) in [5.74, 6) is -0.467. The molecule has 5 heteroatoms. The van der Waals surface area contributed by atoms with Crippen LogP contribution < -0.4 is 11.1 Å². The number of carbonyl (C=O) groups excluding carboxylic acids is 1. The molecule has 1 amide bonds. The van der Waals surface area contributed by atoms with E-state index in [1.807, 2.05) is 30.3 Å². The molecule has 0 saturated carbocycles. The van der Waals surface area contributed by atoms with Crippen LogP contribution in [0.15, 0.2) is 54.6 Å². The van der Waals surface area contributed by atoms with Gasteiger partial charge in [-0.15, -0.1) is 0 Å². The molecular weight excluding hydrogens is 283 g/mol. The molecule has 0 bridgehead atoms. The second kappa shape index (κ2) is 7.83. The third kappa shape index (κ3) is 4.63. The van der Waals surface area contributed by atoms with Crippen LogP contribution in [0, 0.1) is 5.82 Å². The minimum absolute atomic E-state index is 0.0948. The fourth-order valence-electron chi connectivity index (χ4n) is 1.80. The molecule has 0 aliphatic carbocycles. The molecule has 114 valence electrons. The predicted octanol–water partition coefficient (Wildman–Crippen LogP) is 3.35. The van der Waals surface area contributed by atoms with Crippen LogP contribution in [0.3, 0.4) is 0 Å². The zero-order chi connectivity index (χ0) is 15.8. The number of ether oxygens (including phenoxy) is 1. The van der Waals surface area contributed by atoms with Crippen molar-refractivity contribution in [1.29, 1.82) is 0 Å². The number of halogens is 1. The van der Waals surface area contributed by atoms with E-state index < -0.39 is 11.9 Å². The quantitative estimate of drug-likeness (QED) is 0.832. The molecule has 0 saturated heterocycles. The van der Waals surface area contributed by atoms with Gasteiger partial charge in [0.1, 0.15) is 6.61 Å². The zero-order valence-electron chi connectivity index (χ0n) is 12.0. The number of nitrogen functional groups attached to an aromatic ring is 1. The summed E-state index contributed by atoms with van der Waals surface area (Å²) in [7, 11) is 0. The van der Waals surface area contributed by atoms with Crippen molar-refractivity contribution in [2.24, 2.45) is 0 Å². The summed E-state index contributed by atoms with van der Waals surface area (Å²) in [5, 5.41) is 2.56. The number of carbonyl (C=O) groups is 1. The first kappa shape index (κ1) is 15.6. The molecule has 4 nitrogen and oxygen atoms in total. The Morgan fingerprint density at radius 1 is 1.18 bits per heavy atom. The molecule has 2 aromatic rings. The Kier molecular flexibility index (Phi) is 5.54. The molecule has 0 aromatic heterocycles. The fraction of sp³-hybridized carbons (Fsp3) is 0.118. The van der Waals surface area contributed by atoms with Gasteiger partial charge in [0.25, 0.3) is 0 Å². The summed E-state index contributed by atoms with van der Waals surface area (Å²) < 4.78 is 18.7. The molecule has 22 heavy (non-hydrogen) atoms. The van der Waals surface area contributed by atoms with E-state index in [1.54, 1.807) is 24.3 Å². The van der Waals surface area contributed by atoms with Crippen LogP contribution in [0.25, 0.3) is 6.08 Å². The van der Waals surface area contributed by atoms with Gasteiger partial charge in [-0.1, -0.05) is 54.6 Å². The Hall–Kier alpha value is -2.82. The average molecular weight is 300 g/mol. The van der Waals surface area contributed by atoms with E-state index >= 15 is 0 Å². The maximum Gasteiger partial charge on any atom is 0.407 e. The van der Waals surface area contributed by atoms with Crippen LogP contribution in [0.2, 0.25) is 0 Å². The van der Waals surface area contributed by atoms with Crippen LogP contribution in [0.4, 0.5) is 14.9 Å². The van der Waals surface area contributed by atoms with Crippen molar-refractivity contribution < 1.29 is 13.9 Å². The molecule has 0 fully saturated rings. The van der Waals surface area contributed by atoms with Gasteiger partial charge in [-0.3, -0.25) is 0 Å². The van der Waals surface area contributed by atoms with Crippen molar-refractivity contribution in [3.05, 3.63) is 71.6 Å². The van der Waals surface area contributed by atoms with Crippen molar-refractivity contribution >= 4 is 17.9 Å². The van der Waals surface area contributed by atoms with E-state index in [1.165, 1.54) is 6.07 Å². The summed E-state index contributed by atoms with van der Waals surface area (Å²) in [5.41, 5.74) is 6.85. The van der Waals surface area contributed by atoms with Crippen molar-refractivity contribution in [3.63, 3.8) is 0 Å². The van der Waals surface area contributed by atoms with Gasteiger partial charge in [-0.05, 0) is 11.6 Å². The third-order valence-electron chi connectivity index (χ3n) is 2.93. The highest BCUT2D eigenvalue weighted by Crippen LogP contribution is 2.15. The van der Waals surface area contributed by atoms with Crippen molar-refractivity contribution in [1.82, 2.24) is 5.32 Å². The molecule has 0 unspecified atom stereocenters. The standard InChI is InChI=1S/C17H17FN2O2/c18-16-14(8-4-10-15(16)19)9-5-11-20-17(21)22-12-13-6-2-1-3-7-13/h1-10H,11-12,19H2,(H,20,21). The van der Waals surface area contributed by atoms with E-state index in [0.29, 0.717) is 5.56 Å². The van der Waals surface area contributed by atoms with Gasteiger partial charge in [0.2, 0.25) is 0 Å². The number of nitrogens with two attached hydrogens (primary N) is 1.